The zero-order valence-corrected chi connectivity index (χ0v) is 9.52. The lowest BCUT2D eigenvalue weighted by Gasteiger charge is -2.08. The van der Waals surface area contributed by atoms with E-state index < -0.39 is 11.9 Å². The number of hydrogen-bond donors (Lipinski definition) is 3. The Bertz CT molecular complexity index is 372. The van der Waals surface area contributed by atoms with Crippen LogP contribution in [0.15, 0.2) is 23.1 Å². The molecule has 6 heteroatoms. The lowest BCUT2D eigenvalue weighted by Crippen LogP contribution is -2.38. The molecule has 0 aromatic heterocycles. The van der Waals surface area contributed by atoms with Gasteiger partial charge in [-0.25, -0.2) is 0 Å². The fourth-order valence-corrected chi connectivity index (χ4v) is 2.12. The summed E-state index contributed by atoms with van der Waals surface area (Å²) in [6.45, 7) is 0. The molecule has 82 valence electrons. The zero-order chi connectivity index (χ0) is 11.4. The van der Waals surface area contributed by atoms with Gasteiger partial charge in [0, 0.05) is 16.3 Å². The van der Waals surface area contributed by atoms with E-state index in [1.165, 1.54) is 11.8 Å². The average molecular weight is 246 g/mol. The lowest BCUT2D eigenvalue weighted by molar-refractivity contribution is -0.118. The molecule has 15 heavy (non-hydrogen) atoms. The van der Waals surface area contributed by atoms with Crippen LogP contribution < -0.4 is 17.2 Å². The molecule has 0 spiro atoms. The Morgan fingerprint density at radius 1 is 1.53 bits per heavy atom. The molecule has 4 nitrogen and oxygen atoms in total. The first-order valence-corrected chi connectivity index (χ1v) is 5.60. The highest BCUT2D eigenvalue weighted by molar-refractivity contribution is 7.99. The molecule has 0 bridgehead atoms. The molecule has 0 aliphatic carbocycles. The second-order valence-electron chi connectivity index (χ2n) is 3.01. The van der Waals surface area contributed by atoms with Crippen LogP contribution in [0.1, 0.15) is 0 Å². The van der Waals surface area contributed by atoms with Crippen molar-refractivity contribution in [1.29, 1.82) is 0 Å². The number of halogens is 1. The molecule has 1 rings (SSSR count). The summed E-state index contributed by atoms with van der Waals surface area (Å²) in [5, 5.41) is 0.589. The standard InChI is InChI=1S/C9H12ClN3OS/c10-6-2-1-5(11)3-8(6)15-4-7(12)9(13)14/h1-3,7H,4,11-12H2,(H2,13,14). The SMILES string of the molecule is NC(=O)C(N)CSc1cc(N)ccc1Cl. The molecule has 6 N–H and O–H groups in total. The maximum atomic E-state index is 10.7. The normalized spacial score (nSPS) is 12.4. The van der Waals surface area contributed by atoms with Crippen molar-refractivity contribution in [1.82, 2.24) is 0 Å². The highest BCUT2D eigenvalue weighted by Gasteiger charge is 2.10. The number of carbonyl (C=O) groups is 1. The van der Waals surface area contributed by atoms with Gasteiger partial charge in [-0.05, 0) is 18.2 Å². The topological polar surface area (TPSA) is 95.1 Å². The van der Waals surface area contributed by atoms with Crippen LogP contribution in [0.2, 0.25) is 5.02 Å². The van der Waals surface area contributed by atoms with Crippen LogP contribution in [0.4, 0.5) is 5.69 Å². The van der Waals surface area contributed by atoms with Gasteiger partial charge in [-0.1, -0.05) is 11.6 Å². The summed E-state index contributed by atoms with van der Waals surface area (Å²) in [7, 11) is 0. The molecule has 0 saturated heterocycles. The lowest BCUT2D eigenvalue weighted by atomic mass is 10.3. The first-order valence-electron chi connectivity index (χ1n) is 4.23. The Balaban J connectivity index is 2.65. The van der Waals surface area contributed by atoms with Gasteiger partial charge < -0.3 is 17.2 Å². The second-order valence-corrected chi connectivity index (χ2v) is 4.48. The van der Waals surface area contributed by atoms with E-state index in [4.69, 9.17) is 28.8 Å². The fraction of sp³-hybridized carbons (Fsp3) is 0.222. The van der Waals surface area contributed by atoms with Crippen LogP contribution in [0, 0.1) is 0 Å². The van der Waals surface area contributed by atoms with Crippen molar-refractivity contribution >= 4 is 35.0 Å². The molecule has 0 radical (unpaired) electrons. The van der Waals surface area contributed by atoms with E-state index in [0.29, 0.717) is 16.5 Å². The van der Waals surface area contributed by atoms with Gasteiger partial charge in [-0.2, -0.15) is 0 Å². The second kappa shape index (κ2) is 5.25. The van der Waals surface area contributed by atoms with Gasteiger partial charge in [0.05, 0.1) is 11.1 Å². The number of primary amides is 1. The summed E-state index contributed by atoms with van der Waals surface area (Å²) in [4.78, 5) is 11.5. The highest BCUT2D eigenvalue weighted by Crippen LogP contribution is 2.29. The molecular weight excluding hydrogens is 234 g/mol. The van der Waals surface area contributed by atoms with Crippen molar-refractivity contribution < 1.29 is 4.79 Å². The van der Waals surface area contributed by atoms with Crippen molar-refractivity contribution in [2.24, 2.45) is 11.5 Å². The number of rotatable bonds is 4. The van der Waals surface area contributed by atoms with Crippen LogP contribution in [0.5, 0.6) is 0 Å². The molecule has 1 atom stereocenters. The molecule has 1 aromatic rings. The molecule has 0 aliphatic rings. The number of benzene rings is 1. The molecule has 1 amide bonds. The van der Waals surface area contributed by atoms with Gasteiger partial charge in [0.2, 0.25) is 5.91 Å². The van der Waals surface area contributed by atoms with Crippen molar-refractivity contribution in [3.05, 3.63) is 23.2 Å². The zero-order valence-electron chi connectivity index (χ0n) is 7.94. The van der Waals surface area contributed by atoms with Crippen LogP contribution in [0.25, 0.3) is 0 Å². The summed E-state index contributed by atoms with van der Waals surface area (Å²) in [5.41, 5.74) is 16.7. The molecule has 0 saturated carbocycles. The number of anilines is 1. The van der Waals surface area contributed by atoms with E-state index >= 15 is 0 Å². The molecular formula is C9H12ClN3OS. The molecule has 1 unspecified atom stereocenters. The van der Waals surface area contributed by atoms with Crippen LogP contribution in [-0.2, 0) is 4.79 Å². The van der Waals surface area contributed by atoms with E-state index in [2.05, 4.69) is 0 Å². The number of thioether (sulfide) groups is 1. The van der Waals surface area contributed by atoms with E-state index in [1.807, 2.05) is 0 Å². The van der Waals surface area contributed by atoms with E-state index in [0.717, 1.165) is 4.90 Å². The molecule has 0 fully saturated rings. The number of nitrogen functional groups attached to an aromatic ring is 1. The predicted molar refractivity (Wildman–Crippen MR) is 63.8 cm³/mol. The van der Waals surface area contributed by atoms with Gasteiger partial charge in [-0.15, -0.1) is 11.8 Å². The Morgan fingerprint density at radius 2 is 2.20 bits per heavy atom. The van der Waals surface area contributed by atoms with Crippen molar-refractivity contribution in [2.75, 3.05) is 11.5 Å². The van der Waals surface area contributed by atoms with Crippen LogP contribution in [0.3, 0.4) is 0 Å². The van der Waals surface area contributed by atoms with Gasteiger partial charge in [0.1, 0.15) is 0 Å². The van der Waals surface area contributed by atoms with E-state index in [9.17, 15) is 4.79 Å². The van der Waals surface area contributed by atoms with Gasteiger partial charge in [-0.3, -0.25) is 4.79 Å². The quantitative estimate of drug-likeness (QED) is 0.541. The van der Waals surface area contributed by atoms with Crippen molar-refractivity contribution in [2.45, 2.75) is 10.9 Å². The minimum Gasteiger partial charge on any atom is -0.399 e. The summed E-state index contributed by atoms with van der Waals surface area (Å²) < 4.78 is 0. The fourth-order valence-electron chi connectivity index (χ4n) is 0.892. The molecule has 0 aliphatic heterocycles. The molecule has 0 heterocycles. The Labute approximate surface area is 97.1 Å². The van der Waals surface area contributed by atoms with Crippen LogP contribution in [-0.4, -0.2) is 17.7 Å². The van der Waals surface area contributed by atoms with E-state index in [1.54, 1.807) is 18.2 Å². The van der Waals surface area contributed by atoms with E-state index in [-0.39, 0.29) is 0 Å². The first kappa shape index (κ1) is 12.2. The molecule has 1 aromatic carbocycles. The number of hydrogen-bond acceptors (Lipinski definition) is 4. The monoisotopic (exact) mass is 245 g/mol. The largest absolute Gasteiger partial charge is 0.399 e. The third-order valence-corrected chi connectivity index (χ3v) is 3.36. The van der Waals surface area contributed by atoms with Gasteiger partial charge >= 0.3 is 0 Å². The smallest absolute Gasteiger partial charge is 0.235 e. The summed E-state index contributed by atoms with van der Waals surface area (Å²) in [5.74, 6) is -0.138. The average Bonchev–Trinajstić information content (AvgIpc) is 2.18. The minimum atomic E-state index is -0.674. The van der Waals surface area contributed by atoms with Crippen LogP contribution >= 0.6 is 23.4 Å². The summed E-state index contributed by atoms with van der Waals surface area (Å²) >= 11 is 7.29. The van der Waals surface area contributed by atoms with Crippen molar-refractivity contribution in [3.8, 4) is 0 Å². The summed E-state index contributed by atoms with van der Waals surface area (Å²) in [6, 6.07) is 4.48. The summed E-state index contributed by atoms with van der Waals surface area (Å²) in [6.07, 6.45) is 0. The number of carbonyl (C=O) groups excluding carboxylic acids is 1. The predicted octanol–water partition coefficient (Wildman–Crippen LogP) is 0.827. The Morgan fingerprint density at radius 3 is 2.80 bits per heavy atom. The van der Waals surface area contributed by atoms with Gasteiger partial charge in [0.15, 0.2) is 0 Å². The third-order valence-electron chi connectivity index (χ3n) is 1.74. The Hall–Kier alpha value is -0.910. The maximum absolute atomic E-state index is 10.7. The highest BCUT2D eigenvalue weighted by atomic mass is 35.5. The van der Waals surface area contributed by atoms with Crippen molar-refractivity contribution in [3.63, 3.8) is 0 Å². The Kier molecular flexibility index (Phi) is 4.26. The number of nitrogens with two attached hydrogens (primary N) is 3. The number of amides is 1. The minimum absolute atomic E-state index is 0.387. The maximum Gasteiger partial charge on any atom is 0.235 e. The first-order chi connectivity index (χ1) is 7.00. The van der Waals surface area contributed by atoms with Gasteiger partial charge in [0.25, 0.3) is 0 Å². The third kappa shape index (κ3) is 3.62.